The third kappa shape index (κ3) is 6.92. The van der Waals surface area contributed by atoms with Gasteiger partial charge in [0, 0.05) is 18.1 Å². The molecule has 3 N–H and O–H groups in total. The highest BCUT2D eigenvalue weighted by Crippen LogP contribution is 2.48. The smallest absolute Gasteiger partial charge is 0.412 e. The number of ether oxygens (including phenoxy) is 3. The molecule has 1 saturated carbocycles. The first-order valence-corrected chi connectivity index (χ1v) is 13.4. The average Bonchev–Trinajstić information content (AvgIpc) is 3.75. The standard InChI is InChI=1S/C27H28Cl2N6O7/c1-27(2,3)42-26(37)34-21-19(28)22(40-4)18(23(41-5)20(21)29)25(36)33-17-12-16(31-24(32-17)13-10-11-13)30-14-8-6-7-9-15(14)35(38)39/h6-9,12-13H,10-11H2,1-5H3,(H,34,37)(H2,30,31,32,33,36). The molecule has 0 spiro atoms. The number of carbonyl (C=O) groups is 2. The van der Waals surface area contributed by atoms with Crippen LogP contribution < -0.4 is 25.4 Å². The highest BCUT2D eigenvalue weighted by Gasteiger charge is 2.32. The summed E-state index contributed by atoms with van der Waals surface area (Å²) in [4.78, 5) is 46.0. The topological polar surface area (TPSA) is 167 Å². The van der Waals surface area contributed by atoms with E-state index in [4.69, 9.17) is 37.4 Å². The van der Waals surface area contributed by atoms with E-state index in [0.717, 1.165) is 12.8 Å². The van der Waals surface area contributed by atoms with Gasteiger partial charge in [-0.1, -0.05) is 35.3 Å². The summed E-state index contributed by atoms with van der Waals surface area (Å²) in [5.74, 6) is -0.116. The van der Waals surface area contributed by atoms with Crippen LogP contribution in [0.4, 0.5) is 33.5 Å². The fourth-order valence-electron chi connectivity index (χ4n) is 3.92. The number of amides is 2. The second kappa shape index (κ2) is 12.2. The number of hydrogen-bond donors (Lipinski definition) is 3. The average molecular weight is 619 g/mol. The predicted octanol–water partition coefficient (Wildman–Crippen LogP) is 6.93. The van der Waals surface area contributed by atoms with Gasteiger partial charge >= 0.3 is 6.09 Å². The van der Waals surface area contributed by atoms with E-state index in [-0.39, 0.29) is 61.7 Å². The second-order valence-electron chi connectivity index (χ2n) is 10.2. The van der Waals surface area contributed by atoms with Crippen molar-refractivity contribution in [1.29, 1.82) is 0 Å². The minimum atomic E-state index is -0.833. The Kier molecular flexibility index (Phi) is 8.92. The Morgan fingerprint density at radius 2 is 1.60 bits per heavy atom. The minimum absolute atomic E-state index is 0.0770. The summed E-state index contributed by atoms with van der Waals surface area (Å²) in [6.07, 6.45) is 0.891. The van der Waals surface area contributed by atoms with Crippen molar-refractivity contribution in [1.82, 2.24) is 9.97 Å². The summed E-state index contributed by atoms with van der Waals surface area (Å²) in [5, 5.41) is 19.3. The number of para-hydroxylation sites is 2. The molecule has 0 aliphatic heterocycles. The number of hydrogen-bond acceptors (Lipinski definition) is 10. The number of rotatable bonds is 9. The first-order valence-electron chi connectivity index (χ1n) is 12.7. The van der Waals surface area contributed by atoms with Gasteiger partial charge in [-0.05, 0) is 39.7 Å². The van der Waals surface area contributed by atoms with Crippen molar-refractivity contribution in [3.63, 3.8) is 0 Å². The lowest BCUT2D eigenvalue weighted by Crippen LogP contribution is -2.27. The van der Waals surface area contributed by atoms with Crippen LogP contribution in [0.5, 0.6) is 11.5 Å². The van der Waals surface area contributed by atoms with Gasteiger partial charge in [0.2, 0.25) is 0 Å². The zero-order valence-corrected chi connectivity index (χ0v) is 24.8. The SMILES string of the molecule is COc1c(Cl)c(NC(=O)OC(C)(C)C)c(Cl)c(OC)c1C(=O)Nc1cc(Nc2ccccc2[N+](=O)[O-])nc(C2CC2)n1. The van der Waals surface area contributed by atoms with Crippen LogP contribution >= 0.6 is 23.2 Å². The summed E-state index contributed by atoms with van der Waals surface area (Å²) in [6, 6.07) is 7.54. The molecule has 1 fully saturated rings. The molecule has 1 heterocycles. The molecule has 15 heteroatoms. The Morgan fingerprint density at radius 1 is 1.00 bits per heavy atom. The van der Waals surface area contributed by atoms with Gasteiger partial charge < -0.3 is 24.8 Å². The van der Waals surface area contributed by atoms with E-state index in [1.165, 1.54) is 26.4 Å². The molecule has 0 unspecified atom stereocenters. The third-order valence-electron chi connectivity index (χ3n) is 5.84. The van der Waals surface area contributed by atoms with Crippen LogP contribution in [-0.4, -0.2) is 46.7 Å². The normalized spacial score (nSPS) is 12.7. The summed E-state index contributed by atoms with van der Waals surface area (Å²) < 4.78 is 16.1. The molecule has 4 rings (SSSR count). The molecule has 1 aromatic heterocycles. The molecule has 3 aromatic rings. The Hall–Kier alpha value is -4.36. The number of methoxy groups -OCH3 is 2. The van der Waals surface area contributed by atoms with Crippen LogP contribution in [0, 0.1) is 10.1 Å². The number of nitrogens with zero attached hydrogens (tertiary/aromatic N) is 3. The van der Waals surface area contributed by atoms with E-state index in [1.807, 2.05) is 0 Å². The van der Waals surface area contributed by atoms with Gasteiger partial charge in [0.15, 0.2) is 11.5 Å². The number of benzene rings is 2. The lowest BCUT2D eigenvalue weighted by molar-refractivity contribution is -0.383. The van der Waals surface area contributed by atoms with Crippen LogP contribution in [0.15, 0.2) is 30.3 Å². The van der Waals surface area contributed by atoms with E-state index in [9.17, 15) is 19.7 Å². The van der Waals surface area contributed by atoms with Gasteiger partial charge in [0.1, 0.15) is 44.4 Å². The second-order valence-corrected chi connectivity index (χ2v) is 11.0. The molecular weight excluding hydrogens is 591 g/mol. The molecule has 13 nitrogen and oxygen atoms in total. The van der Waals surface area contributed by atoms with Crippen molar-refractivity contribution < 1.29 is 28.7 Å². The Bertz CT molecular complexity index is 1530. The van der Waals surface area contributed by atoms with E-state index in [0.29, 0.717) is 5.82 Å². The fraction of sp³-hybridized carbons (Fsp3) is 0.333. The first kappa shape index (κ1) is 30.6. The van der Waals surface area contributed by atoms with Crippen LogP contribution in [0.25, 0.3) is 0 Å². The molecule has 0 radical (unpaired) electrons. The van der Waals surface area contributed by atoms with Crippen LogP contribution in [-0.2, 0) is 4.74 Å². The number of anilines is 4. The molecular formula is C27H28Cl2N6O7. The Labute approximate surface area is 251 Å². The number of nitrogens with one attached hydrogen (secondary N) is 3. The van der Waals surface area contributed by atoms with Crippen molar-refractivity contribution in [3.05, 3.63) is 61.9 Å². The molecule has 42 heavy (non-hydrogen) atoms. The maximum atomic E-state index is 13.6. The zero-order valence-electron chi connectivity index (χ0n) is 23.3. The lowest BCUT2D eigenvalue weighted by Gasteiger charge is -2.22. The largest absolute Gasteiger partial charge is 0.494 e. The molecule has 222 valence electrons. The molecule has 0 saturated heterocycles. The van der Waals surface area contributed by atoms with E-state index in [1.54, 1.807) is 39.0 Å². The van der Waals surface area contributed by atoms with Gasteiger partial charge in [-0.25, -0.2) is 14.8 Å². The van der Waals surface area contributed by atoms with Gasteiger partial charge in [0.05, 0.1) is 24.8 Å². The summed E-state index contributed by atoms with van der Waals surface area (Å²) >= 11 is 13.1. The molecule has 2 aromatic carbocycles. The molecule has 1 aliphatic carbocycles. The Morgan fingerprint density at radius 3 is 2.14 bits per heavy atom. The fourth-order valence-corrected chi connectivity index (χ4v) is 4.60. The van der Waals surface area contributed by atoms with Crippen molar-refractivity contribution in [2.45, 2.75) is 45.1 Å². The van der Waals surface area contributed by atoms with Crippen molar-refractivity contribution >= 4 is 63.9 Å². The number of carbonyl (C=O) groups excluding carboxylic acids is 2. The predicted molar refractivity (Wildman–Crippen MR) is 158 cm³/mol. The minimum Gasteiger partial charge on any atom is -0.494 e. The summed E-state index contributed by atoms with van der Waals surface area (Å²) in [6.45, 7) is 5.07. The van der Waals surface area contributed by atoms with E-state index in [2.05, 4.69) is 25.9 Å². The monoisotopic (exact) mass is 618 g/mol. The zero-order chi connectivity index (χ0) is 30.8. The molecule has 0 atom stereocenters. The first-order chi connectivity index (χ1) is 19.8. The Balaban J connectivity index is 1.70. The van der Waals surface area contributed by atoms with E-state index >= 15 is 0 Å². The van der Waals surface area contributed by atoms with Gasteiger partial charge in [-0.2, -0.15) is 0 Å². The maximum Gasteiger partial charge on any atom is 0.412 e. The number of halogens is 2. The van der Waals surface area contributed by atoms with Crippen LogP contribution in [0.1, 0.15) is 55.7 Å². The number of nitro groups is 1. The highest BCUT2D eigenvalue weighted by molar-refractivity contribution is 6.42. The number of nitro benzene ring substituents is 1. The molecule has 1 aliphatic rings. The van der Waals surface area contributed by atoms with Gasteiger partial charge in [-0.3, -0.25) is 20.2 Å². The lowest BCUT2D eigenvalue weighted by atomic mass is 10.1. The van der Waals surface area contributed by atoms with Crippen LogP contribution in [0.3, 0.4) is 0 Å². The summed E-state index contributed by atoms with van der Waals surface area (Å²) in [5.41, 5.74) is -0.965. The quantitative estimate of drug-likeness (QED) is 0.169. The van der Waals surface area contributed by atoms with Crippen molar-refractivity contribution in [3.8, 4) is 11.5 Å². The number of aromatic nitrogens is 2. The summed E-state index contributed by atoms with van der Waals surface area (Å²) in [7, 11) is 2.57. The maximum absolute atomic E-state index is 13.6. The van der Waals surface area contributed by atoms with E-state index < -0.39 is 22.5 Å². The third-order valence-corrected chi connectivity index (χ3v) is 6.57. The van der Waals surface area contributed by atoms with Crippen LogP contribution in [0.2, 0.25) is 10.0 Å². The van der Waals surface area contributed by atoms with Crippen molar-refractivity contribution in [2.75, 3.05) is 30.2 Å². The molecule has 2 amide bonds. The highest BCUT2D eigenvalue weighted by atomic mass is 35.5. The van der Waals surface area contributed by atoms with Gasteiger partial charge in [-0.15, -0.1) is 0 Å². The van der Waals surface area contributed by atoms with Crippen molar-refractivity contribution in [2.24, 2.45) is 0 Å². The van der Waals surface area contributed by atoms with Gasteiger partial charge in [0.25, 0.3) is 11.6 Å². The molecule has 0 bridgehead atoms.